The molecule has 1 aromatic rings. The molecule has 1 nitrogen and oxygen atoms in total. The number of hydrogen-bond acceptors (Lipinski definition) is 1. The Morgan fingerprint density at radius 1 is 1.00 bits per heavy atom. The van der Waals surface area contributed by atoms with Gasteiger partial charge < -0.3 is 5.73 Å². The molecule has 0 saturated heterocycles. The van der Waals surface area contributed by atoms with Crippen LogP contribution in [0.15, 0.2) is 27.1 Å². The normalized spacial score (nSPS) is 12.7. The second-order valence-electron chi connectivity index (χ2n) is 4.51. The molecule has 1 atom stereocenters. The van der Waals surface area contributed by atoms with E-state index in [2.05, 4.69) is 50.9 Å². The largest absolute Gasteiger partial charge is 0.324 e. The Bertz CT molecular complexity index is 319. The van der Waals surface area contributed by atoms with Crippen LogP contribution in [0, 0.1) is 0 Å². The summed E-state index contributed by atoms with van der Waals surface area (Å²) in [5.74, 6) is 0. The van der Waals surface area contributed by atoms with E-state index in [1.54, 1.807) is 0 Å². The van der Waals surface area contributed by atoms with Crippen molar-refractivity contribution in [2.75, 3.05) is 0 Å². The van der Waals surface area contributed by atoms with Gasteiger partial charge in [-0.1, -0.05) is 70.9 Å². The molecule has 1 rings (SSSR count). The fourth-order valence-electron chi connectivity index (χ4n) is 1.92. The molecular formula is C14H21Br2N. The highest BCUT2D eigenvalue weighted by Crippen LogP contribution is 2.25. The van der Waals surface area contributed by atoms with Gasteiger partial charge in [0.1, 0.15) is 0 Å². The summed E-state index contributed by atoms with van der Waals surface area (Å²) in [5.41, 5.74) is 7.42. The molecule has 1 unspecified atom stereocenters. The Labute approximate surface area is 121 Å². The first-order chi connectivity index (χ1) is 8.13. The second kappa shape index (κ2) is 8.28. The van der Waals surface area contributed by atoms with Crippen LogP contribution in [0.4, 0.5) is 0 Å². The Morgan fingerprint density at radius 3 is 2.18 bits per heavy atom. The Hall–Kier alpha value is 0.140. The van der Waals surface area contributed by atoms with Gasteiger partial charge >= 0.3 is 0 Å². The molecule has 0 bridgehead atoms. The predicted octanol–water partition coefficient (Wildman–Crippen LogP) is 5.57. The molecule has 0 aliphatic carbocycles. The molecule has 96 valence electrons. The molecule has 1 aromatic carbocycles. The van der Waals surface area contributed by atoms with Gasteiger partial charge in [0.2, 0.25) is 0 Å². The lowest BCUT2D eigenvalue weighted by molar-refractivity contribution is 0.555. The van der Waals surface area contributed by atoms with Crippen molar-refractivity contribution in [3.8, 4) is 0 Å². The molecular weight excluding hydrogens is 342 g/mol. The number of hydrogen-bond donors (Lipinski definition) is 1. The third-order valence-electron chi connectivity index (χ3n) is 2.93. The molecule has 17 heavy (non-hydrogen) atoms. The Balaban J connectivity index is 2.38. The minimum absolute atomic E-state index is 0.158. The number of halogens is 2. The molecule has 0 aromatic heterocycles. The lowest BCUT2D eigenvalue weighted by atomic mass is 10.0. The van der Waals surface area contributed by atoms with Crippen LogP contribution in [0.3, 0.4) is 0 Å². The van der Waals surface area contributed by atoms with Gasteiger partial charge in [-0.2, -0.15) is 0 Å². The summed E-state index contributed by atoms with van der Waals surface area (Å²) in [6, 6.07) is 6.42. The van der Waals surface area contributed by atoms with Crippen molar-refractivity contribution in [1.29, 1.82) is 0 Å². The highest BCUT2D eigenvalue weighted by molar-refractivity contribution is 9.11. The van der Waals surface area contributed by atoms with Gasteiger partial charge in [-0.15, -0.1) is 0 Å². The molecule has 0 fully saturated rings. The van der Waals surface area contributed by atoms with Crippen molar-refractivity contribution in [3.05, 3.63) is 32.7 Å². The number of nitrogens with two attached hydrogens (primary N) is 1. The van der Waals surface area contributed by atoms with Gasteiger partial charge in [0, 0.05) is 15.0 Å². The highest BCUT2D eigenvalue weighted by Gasteiger charge is 2.07. The predicted molar refractivity (Wildman–Crippen MR) is 82.1 cm³/mol. The number of benzene rings is 1. The average Bonchev–Trinajstić information content (AvgIpc) is 2.27. The van der Waals surface area contributed by atoms with Gasteiger partial charge in [-0.25, -0.2) is 0 Å². The van der Waals surface area contributed by atoms with Crippen LogP contribution in [0.5, 0.6) is 0 Å². The van der Waals surface area contributed by atoms with Crippen molar-refractivity contribution in [2.24, 2.45) is 5.73 Å². The van der Waals surface area contributed by atoms with Crippen LogP contribution >= 0.6 is 31.9 Å². The van der Waals surface area contributed by atoms with Gasteiger partial charge in [0.15, 0.2) is 0 Å². The molecule has 2 N–H and O–H groups in total. The zero-order valence-corrected chi connectivity index (χ0v) is 13.6. The van der Waals surface area contributed by atoms with Crippen LogP contribution in [0.25, 0.3) is 0 Å². The third kappa shape index (κ3) is 6.03. The Kier molecular flexibility index (Phi) is 7.40. The molecule has 0 spiro atoms. The maximum Gasteiger partial charge on any atom is 0.0295 e. The van der Waals surface area contributed by atoms with Crippen molar-refractivity contribution in [3.63, 3.8) is 0 Å². The van der Waals surface area contributed by atoms with Gasteiger partial charge in [0.05, 0.1) is 0 Å². The highest BCUT2D eigenvalue weighted by atomic mass is 79.9. The zero-order valence-electron chi connectivity index (χ0n) is 10.4. The van der Waals surface area contributed by atoms with Crippen LogP contribution in [-0.4, -0.2) is 0 Å². The summed E-state index contributed by atoms with van der Waals surface area (Å²) in [7, 11) is 0. The van der Waals surface area contributed by atoms with Crippen LogP contribution in [0.2, 0.25) is 0 Å². The summed E-state index contributed by atoms with van der Waals surface area (Å²) in [6.07, 6.45) is 7.59. The lowest BCUT2D eigenvalue weighted by Gasteiger charge is -2.13. The van der Waals surface area contributed by atoms with E-state index in [0.29, 0.717) is 0 Å². The van der Waals surface area contributed by atoms with E-state index in [1.165, 1.54) is 37.7 Å². The van der Waals surface area contributed by atoms with Gasteiger partial charge in [-0.3, -0.25) is 0 Å². The van der Waals surface area contributed by atoms with Crippen molar-refractivity contribution in [1.82, 2.24) is 0 Å². The third-order valence-corrected chi connectivity index (χ3v) is 3.85. The molecule has 0 radical (unpaired) electrons. The first-order valence-corrected chi connectivity index (χ1v) is 7.93. The fraction of sp³-hybridized carbons (Fsp3) is 0.571. The van der Waals surface area contributed by atoms with Crippen LogP contribution < -0.4 is 5.73 Å². The summed E-state index contributed by atoms with van der Waals surface area (Å²) in [4.78, 5) is 0. The first kappa shape index (κ1) is 15.2. The topological polar surface area (TPSA) is 26.0 Å². The van der Waals surface area contributed by atoms with E-state index in [0.717, 1.165) is 15.4 Å². The number of unbranched alkanes of at least 4 members (excludes halogenated alkanes) is 4. The molecule has 0 heterocycles. The second-order valence-corrected chi connectivity index (χ2v) is 6.34. The lowest BCUT2D eigenvalue weighted by Crippen LogP contribution is -2.10. The van der Waals surface area contributed by atoms with E-state index in [-0.39, 0.29) is 6.04 Å². The molecule has 3 heteroatoms. The standard InChI is InChI=1S/C14H21Br2N/c1-2-3-4-5-6-7-14(17)11-8-12(15)10-13(16)9-11/h8-10,14H,2-7,17H2,1H3. The van der Waals surface area contributed by atoms with E-state index in [4.69, 9.17) is 5.73 Å². The van der Waals surface area contributed by atoms with E-state index >= 15 is 0 Å². The summed E-state index contributed by atoms with van der Waals surface area (Å²) < 4.78 is 2.17. The minimum atomic E-state index is 0.158. The monoisotopic (exact) mass is 361 g/mol. The maximum atomic E-state index is 6.21. The van der Waals surface area contributed by atoms with Gasteiger partial charge in [-0.05, 0) is 30.2 Å². The van der Waals surface area contributed by atoms with Crippen LogP contribution in [-0.2, 0) is 0 Å². The van der Waals surface area contributed by atoms with E-state index < -0.39 is 0 Å². The smallest absolute Gasteiger partial charge is 0.0295 e. The SMILES string of the molecule is CCCCCCCC(N)c1cc(Br)cc(Br)c1. The fourth-order valence-corrected chi connectivity index (χ4v) is 3.25. The zero-order chi connectivity index (χ0) is 12.7. The number of rotatable bonds is 7. The average molecular weight is 363 g/mol. The molecule has 0 aliphatic heterocycles. The molecule has 0 saturated carbocycles. The van der Waals surface area contributed by atoms with Crippen molar-refractivity contribution in [2.45, 2.75) is 51.5 Å². The van der Waals surface area contributed by atoms with Crippen molar-refractivity contribution >= 4 is 31.9 Å². The minimum Gasteiger partial charge on any atom is -0.324 e. The Morgan fingerprint density at radius 2 is 1.59 bits per heavy atom. The summed E-state index contributed by atoms with van der Waals surface area (Å²) >= 11 is 7.00. The van der Waals surface area contributed by atoms with Crippen LogP contribution in [0.1, 0.15) is 57.1 Å². The van der Waals surface area contributed by atoms with Gasteiger partial charge in [0.25, 0.3) is 0 Å². The summed E-state index contributed by atoms with van der Waals surface area (Å²) in [6.45, 7) is 2.24. The van der Waals surface area contributed by atoms with E-state index in [9.17, 15) is 0 Å². The van der Waals surface area contributed by atoms with E-state index in [1.807, 2.05) is 6.07 Å². The first-order valence-electron chi connectivity index (χ1n) is 6.35. The quantitative estimate of drug-likeness (QED) is 0.630. The molecule has 0 aliphatic rings. The maximum absolute atomic E-state index is 6.21. The molecule has 0 amide bonds. The van der Waals surface area contributed by atoms with Crippen molar-refractivity contribution < 1.29 is 0 Å². The summed E-state index contributed by atoms with van der Waals surface area (Å²) in [5, 5.41) is 0.